The highest BCUT2D eigenvalue weighted by atomic mass is 19.1. The van der Waals surface area contributed by atoms with E-state index in [0.29, 0.717) is 18.8 Å². The highest BCUT2D eigenvalue weighted by molar-refractivity contribution is 5.85. The Balaban J connectivity index is 2.17. The second-order valence-electron chi connectivity index (χ2n) is 4.35. The molecular weight excluding hydrogens is 251 g/mol. The van der Waals surface area contributed by atoms with E-state index in [1.54, 1.807) is 19.1 Å². The number of epoxide rings is 1. The number of ether oxygens (including phenoxy) is 2. The van der Waals surface area contributed by atoms with Crippen molar-refractivity contribution in [2.45, 2.75) is 19.1 Å². The van der Waals surface area contributed by atoms with Gasteiger partial charge in [0.1, 0.15) is 11.9 Å². The third-order valence-corrected chi connectivity index (χ3v) is 2.85. The minimum Gasteiger partial charge on any atom is -0.478 e. The number of halogens is 1. The van der Waals surface area contributed by atoms with Crippen LogP contribution in [0.2, 0.25) is 0 Å². The molecule has 2 atom stereocenters. The quantitative estimate of drug-likeness (QED) is 0.634. The smallest absolute Gasteiger partial charge is 0.328 e. The maximum Gasteiger partial charge on any atom is 0.328 e. The summed E-state index contributed by atoms with van der Waals surface area (Å²) in [5.41, 5.74) is 0.868. The van der Waals surface area contributed by atoms with Crippen molar-refractivity contribution in [1.82, 2.24) is 0 Å². The highest BCUT2D eigenvalue weighted by Gasteiger charge is 2.24. The highest BCUT2D eigenvalue weighted by Crippen LogP contribution is 2.25. The molecule has 1 N–H and O–H groups in total. The van der Waals surface area contributed by atoms with Crippen molar-refractivity contribution in [3.05, 3.63) is 41.2 Å². The number of aliphatic carboxylic acids is 1. The second kappa shape index (κ2) is 5.95. The van der Waals surface area contributed by atoms with Crippen LogP contribution in [0.4, 0.5) is 4.39 Å². The minimum atomic E-state index is -1.12. The lowest BCUT2D eigenvalue weighted by atomic mass is 10.0. The first-order valence-corrected chi connectivity index (χ1v) is 6.00. The average molecular weight is 266 g/mol. The summed E-state index contributed by atoms with van der Waals surface area (Å²) in [6, 6.07) is 4.60. The van der Waals surface area contributed by atoms with E-state index in [2.05, 4.69) is 0 Å². The zero-order valence-electron chi connectivity index (χ0n) is 10.5. The van der Waals surface area contributed by atoms with E-state index in [1.807, 2.05) is 0 Å². The molecule has 1 aromatic rings. The molecule has 1 saturated heterocycles. The van der Waals surface area contributed by atoms with E-state index in [-0.39, 0.29) is 17.8 Å². The molecule has 1 fully saturated rings. The maximum absolute atomic E-state index is 13.7. The van der Waals surface area contributed by atoms with Gasteiger partial charge in [0.05, 0.1) is 19.3 Å². The Morgan fingerprint density at radius 2 is 2.42 bits per heavy atom. The molecule has 0 aromatic heterocycles. The molecule has 19 heavy (non-hydrogen) atoms. The molecule has 0 spiro atoms. The standard InChI is InChI=1S/C14H15FO4/c1-9(18-7-10-8-19-10)11-3-2-4-13(15)12(11)5-6-14(16)17/h2-6,9-10H,7-8H2,1H3,(H,16,17)/b6-5+/t9-,10+/m1/s1. The van der Waals surface area contributed by atoms with Crippen molar-refractivity contribution >= 4 is 12.0 Å². The topological polar surface area (TPSA) is 59.1 Å². The summed E-state index contributed by atoms with van der Waals surface area (Å²) in [5, 5.41) is 8.62. The van der Waals surface area contributed by atoms with Crippen LogP contribution >= 0.6 is 0 Å². The number of carboxylic acid groups (broad SMARTS) is 1. The number of benzene rings is 1. The Labute approximate surface area is 110 Å². The monoisotopic (exact) mass is 266 g/mol. The molecule has 4 nitrogen and oxygen atoms in total. The largest absolute Gasteiger partial charge is 0.478 e. The van der Waals surface area contributed by atoms with Gasteiger partial charge in [-0.25, -0.2) is 9.18 Å². The number of carboxylic acids is 1. The predicted molar refractivity (Wildman–Crippen MR) is 67.2 cm³/mol. The number of hydrogen-bond acceptors (Lipinski definition) is 3. The summed E-state index contributed by atoms with van der Waals surface area (Å²) in [4.78, 5) is 10.5. The van der Waals surface area contributed by atoms with Gasteiger partial charge in [0.2, 0.25) is 0 Å². The van der Waals surface area contributed by atoms with Crippen LogP contribution in [0.15, 0.2) is 24.3 Å². The van der Waals surface area contributed by atoms with E-state index in [0.717, 1.165) is 6.08 Å². The van der Waals surface area contributed by atoms with Crippen molar-refractivity contribution in [2.24, 2.45) is 0 Å². The van der Waals surface area contributed by atoms with Gasteiger partial charge in [-0.3, -0.25) is 0 Å². The van der Waals surface area contributed by atoms with Crippen LogP contribution in [0, 0.1) is 5.82 Å². The van der Waals surface area contributed by atoms with Gasteiger partial charge in [-0.1, -0.05) is 12.1 Å². The van der Waals surface area contributed by atoms with Crippen molar-refractivity contribution in [1.29, 1.82) is 0 Å². The van der Waals surface area contributed by atoms with Crippen LogP contribution < -0.4 is 0 Å². The summed E-state index contributed by atoms with van der Waals surface area (Å²) in [7, 11) is 0. The normalized spacial score (nSPS) is 19.6. The molecule has 0 aliphatic carbocycles. The van der Waals surface area contributed by atoms with Crippen LogP contribution in [0.1, 0.15) is 24.2 Å². The van der Waals surface area contributed by atoms with E-state index >= 15 is 0 Å². The van der Waals surface area contributed by atoms with Gasteiger partial charge >= 0.3 is 5.97 Å². The fraction of sp³-hybridized carbons (Fsp3) is 0.357. The van der Waals surface area contributed by atoms with Crippen LogP contribution in [0.3, 0.4) is 0 Å². The number of hydrogen-bond donors (Lipinski definition) is 1. The Hall–Kier alpha value is -1.72. The van der Waals surface area contributed by atoms with E-state index < -0.39 is 11.8 Å². The van der Waals surface area contributed by atoms with Crippen molar-refractivity contribution < 1.29 is 23.8 Å². The maximum atomic E-state index is 13.7. The molecule has 0 bridgehead atoms. The van der Waals surface area contributed by atoms with E-state index in [9.17, 15) is 9.18 Å². The lowest BCUT2D eigenvalue weighted by molar-refractivity contribution is -0.131. The van der Waals surface area contributed by atoms with Gasteiger partial charge in [-0.05, 0) is 24.6 Å². The van der Waals surface area contributed by atoms with Crippen LogP contribution in [0.25, 0.3) is 6.08 Å². The Bertz CT molecular complexity index is 494. The van der Waals surface area contributed by atoms with Crippen molar-refractivity contribution in [3.63, 3.8) is 0 Å². The molecule has 5 heteroatoms. The first kappa shape index (κ1) is 13.7. The Kier molecular flexibility index (Phi) is 4.29. The van der Waals surface area contributed by atoms with Gasteiger partial charge in [0, 0.05) is 11.6 Å². The number of carbonyl (C=O) groups is 1. The molecule has 0 saturated carbocycles. The van der Waals surface area contributed by atoms with Gasteiger partial charge in [0.25, 0.3) is 0 Å². The number of rotatable bonds is 6. The van der Waals surface area contributed by atoms with Gasteiger partial charge in [-0.2, -0.15) is 0 Å². The molecule has 2 rings (SSSR count). The van der Waals surface area contributed by atoms with Crippen LogP contribution in [-0.4, -0.2) is 30.4 Å². The zero-order valence-corrected chi connectivity index (χ0v) is 10.5. The summed E-state index contributed by atoms with van der Waals surface area (Å²) in [5.74, 6) is -1.58. The summed E-state index contributed by atoms with van der Waals surface area (Å²) in [6.45, 7) is 2.96. The molecule has 1 aromatic carbocycles. The average Bonchev–Trinajstić information content (AvgIpc) is 3.18. The van der Waals surface area contributed by atoms with Crippen LogP contribution in [0.5, 0.6) is 0 Å². The minimum absolute atomic E-state index is 0.133. The third kappa shape index (κ3) is 3.87. The van der Waals surface area contributed by atoms with Crippen molar-refractivity contribution in [3.8, 4) is 0 Å². The molecule has 0 unspecified atom stereocenters. The molecule has 102 valence electrons. The molecular formula is C14H15FO4. The lowest BCUT2D eigenvalue weighted by Gasteiger charge is -2.15. The second-order valence-corrected chi connectivity index (χ2v) is 4.35. The first-order chi connectivity index (χ1) is 9.08. The molecule has 1 aliphatic rings. The Morgan fingerprint density at radius 1 is 1.68 bits per heavy atom. The summed E-state index contributed by atoms with van der Waals surface area (Å²) >= 11 is 0. The first-order valence-electron chi connectivity index (χ1n) is 6.00. The predicted octanol–water partition coefficient (Wildman–Crippen LogP) is 2.40. The zero-order chi connectivity index (χ0) is 13.8. The van der Waals surface area contributed by atoms with Gasteiger partial charge < -0.3 is 14.6 Å². The summed E-state index contributed by atoms with van der Waals surface area (Å²) < 4.78 is 24.4. The molecule has 1 heterocycles. The fourth-order valence-corrected chi connectivity index (χ4v) is 1.74. The van der Waals surface area contributed by atoms with Crippen molar-refractivity contribution in [2.75, 3.05) is 13.2 Å². The Morgan fingerprint density at radius 3 is 3.05 bits per heavy atom. The van der Waals surface area contributed by atoms with E-state index in [4.69, 9.17) is 14.6 Å². The molecule has 0 amide bonds. The lowest BCUT2D eigenvalue weighted by Crippen LogP contribution is -2.08. The molecule has 1 aliphatic heterocycles. The SMILES string of the molecule is C[C@@H](OC[C@H]1CO1)c1cccc(F)c1/C=C/C(=O)O. The third-order valence-electron chi connectivity index (χ3n) is 2.85. The fourth-order valence-electron chi connectivity index (χ4n) is 1.74. The van der Waals surface area contributed by atoms with E-state index in [1.165, 1.54) is 12.1 Å². The summed E-state index contributed by atoms with van der Waals surface area (Å²) in [6.07, 6.45) is 1.97. The molecule has 0 radical (unpaired) electrons. The van der Waals surface area contributed by atoms with Crippen LogP contribution in [-0.2, 0) is 14.3 Å². The van der Waals surface area contributed by atoms with Gasteiger partial charge in [-0.15, -0.1) is 0 Å². The van der Waals surface area contributed by atoms with Gasteiger partial charge in [0.15, 0.2) is 0 Å².